The van der Waals surface area contributed by atoms with Crippen LogP contribution < -0.4 is 5.32 Å². The highest BCUT2D eigenvalue weighted by Gasteiger charge is 2.30. The molecule has 0 heterocycles. The molecule has 2 aliphatic carbocycles. The van der Waals surface area contributed by atoms with E-state index in [9.17, 15) is 4.79 Å². The van der Waals surface area contributed by atoms with Crippen molar-refractivity contribution in [2.24, 2.45) is 5.92 Å². The highest BCUT2D eigenvalue weighted by atomic mass is 16.2. The minimum Gasteiger partial charge on any atom is -0.349 e. The fourth-order valence-corrected chi connectivity index (χ4v) is 3.25. The zero-order valence-corrected chi connectivity index (χ0v) is 12.4. The molecular formula is C18H25NO. The molecule has 0 radical (unpaired) electrons. The molecule has 1 aromatic rings. The highest BCUT2D eigenvalue weighted by Crippen LogP contribution is 2.33. The van der Waals surface area contributed by atoms with Gasteiger partial charge in [0.05, 0.1) is 6.04 Å². The number of benzene rings is 1. The van der Waals surface area contributed by atoms with Gasteiger partial charge in [-0.2, -0.15) is 0 Å². The SMILES string of the molecule is CC(NC(=O)C1CC1)c1ccc(C2CCCCC2)cc1. The number of amides is 1. The number of nitrogens with one attached hydrogen (secondary N) is 1. The maximum atomic E-state index is 11.8. The average molecular weight is 271 g/mol. The second-order valence-corrected chi connectivity index (χ2v) is 6.51. The Morgan fingerprint density at radius 1 is 1.05 bits per heavy atom. The van der Waals surface area contributed by atoms with Crippen LogP contribution in [0.2, 0.25) is 0 Å². The van der Waals surface area contributed by atoms with Crippen molar-refractivity contribution in [1.29, 1.82) is 0 Å². The van der Waals surface area contributed by atoms with Crippen LogP contribution in [0.25, 0.3) is 0 Å². The number of hydrogen-bond acceptors (Lipinski definition) is 1. The Morgan fingerprint density at radius 3 is 2.30 bits per heavy atom. The first kappa shape index (κ1) is 13.7. The Hall–Kier alpha value is -1.31. The monoisotopic (exact) mass is 271 g/mol. The fourth-order valence-electron chi connectivity index (χ4n) is 3.25. The third kappa shape index (κ3) is 3.23. The van der Waals surface area contributed by atoms with Gasteiger partial charge in [0.2, 0.25) is 5.91 Å². The first-order valence-corrected chi connectivity index (χ1v) is 8.14. The lowest BCUT2D eigenvalue weighted by Gasteiger charge is -2.22. The third-order valence-corrected chi connectivity index (χ3v) is 4.82. The molecule has 108 valence electrons. The number of carbonyl (C=O) groups excluding carboxylic acids is 1. The van der Waals surface area contributed by atoms with Crippen molar-refractivity contribution in [2.75, 3.05) is 0 Å². The first-order valence-electron chi connectivity index (χ1n) is 8.14. The zero-order valence-electron chi connectivity index (χ0n) is 12.4. The summed E-state index contributed by atoms with van der Waals surface area (Å²) in [4.78, 5) is 11.8. The molecule has 1 N–H and O–H groups in total. The van der Waals surface area contributed by atoms with Crippen LogP contribution in [0.15, 0.2) is 24.3 Å². The lowest BCUT2D eigenvalue weighted by atomic mass is 9.84. The van der Waals surface area contributed by atoms with Gasteiger partial charge < -0.3 is 5.32 Å². The minimum atomic E-state index is 0.128. The van der Waals surface area contributed by atoms with E-state index < -0.39 is 0 Å². The van der Waals surface area contributed by atoms with E-state index in [1.165, 1.54) is 43.2 Å². The molecular weight excluding hydrogens is 246 g/mol. The van der Waals surface area contributed by atoms with Crippen LogP contribution in [-0.2, 0) is 4.79 Å². The summed E-state index contributed by atoms with van der Waals surface area (Å²) in [5, 5.41) is 3.12. The molecule has 2 fully saturated rings. The van der Waals surface area contributed by atoms with Gasteiger partial charge in [0, 0.05) is 5.92 Å². The molecule has 0 spiro atoms. The van der Waals surface area contributed by atoms with Crippen molar-refractivity contribution in [1.82, 2.24) is 5.32 Å². The summed E-state index contributed by atoms with van der Waals surface area (Å²) in [7, 11) is 0. The third-order valence-electron chi connectivity index (χ3n) is 4.82. The smallest absolute Gasteiger partial charge is 0.223 e. The van der Waals surface area contributed by atoms with Gasteiger partial charge in [-0.25, -0.2) is 0 Å². The molecule has 1 amide bonds. The van der Waals surface area contributed by atoms with Crippen LogP contribution in [0.3, 0.4) is 0 Å². The van der Waals surface area contributed by atoms with Gasteiger partial charge in [0.15, 0.2) is 0 Å². The highest BCUT2D eigenvalue weighted by molar-refractivity contribution is 5.81. The van der Waals surface area contributed by atoms with Crippen LogP contribution in [0.4, 0.5) is 0 Å². The molecule has 0 bridgehead atoms. The molecule has 1 aromatic carbocycles. The van der Waals surface area contributed by atoms with Gasteiger partial charge in [-0.1, -0.05) is 43.5 Å². The Kier molecular flexibility index (Phi) is 4.09. The van der Waals surface area contributed by atoms with Crippen LogP contribution in [0.5, 0.6) is 0 Å². The van der Waals surface area contributed by atoms with E-state index in [1.54, 1.807) is 0 Å². The molecule has 1 atom stereocenters. The Balaban J connectivity index is 1.60. The molecule has 2 nitrogen and oxygen atoms in total. The minimum absolute atomic E-state index is 0.128. The van der Waals surface area contributed by atoms with Crippen LogP contribution in [0, 0.1) is 5.92 Å². The molecule has 2 saturated carbocycles. The molecule has 0 aromatic heterocycles. The first-order chi connectivity index (χ1) is 9.74. The molecule has 2 aliphatic rings. The Labute approximate surface area is 122 Å². The van der Waals surface area contributed by atoms with Crippen LogP contribution >= 0.6 is 0 Å². The predicted molar refractivity (Wildman–Crippen MR) is 81.5 cm³/mol. The van der Waals surface area contributed by atoms with Crippen molar-refractivity contribution in [3.63, 3.8) is 0 Å². The largest absolute Gasteiger partial charge is 0.349 e. The van der Waals surface area contributed by atoms with E-state index in [4.69, 9.17) is 0 Å². The van der Waals surface area contributed by atoms with Crippen molar-refractivity contribution >= 4 is 5.91 Å². The van der Waals surface area contributed by atoms with Crippen molar-refractivity contribution < 1.29 is 4.79 Å². The van der Waals surface area contributed by atoms with E-state index in [0.29, 0.717) is 5.92 Å². The molecule has 1 unspecified atom stereocenters. The average Bonchev–Trinajstić information content (AvgIpc) is 3.33. The summed E-state index contributed by atoms with van der Waals surface area (Å²) < 4.78 is 0. The predicted octanol–water partition coefficient (Wildman–Crippen LogP) is 4.32. The van der Waals surface area contributed by atoms with Gasteiger partial charge >= 0.3 is 0 Å². The molecule has 2 heteroatoms. The van der Waals surface area contributed by atoms with Crippen molar-refractivity contribution in [3.05, 3.63) is 35.4 Å². The quantitative estimate of drug-likeness (QED) is 0.868. The summed E-state index contributed by atoms with van der Waals surface area (Å²) in [5.41, 5.74) is 2.70. The van der Waals surface area contributed by atoms with Gasteiger partial charge in [0.25, 0.3) is 0 Å². The van der Waals surface area contributed by atoms with Gasteiger partial charge in [0.1, 0.15) is 0 Å². The summed E-state index contributed by atoms with van der Waals surface area (Å²) in [5.74, 6) is 1.28. The molecule has 0 saturated heterocycles. The maximum Gasteiger partial charge on any atom is 0.223 e. The number of rotatable bonds is 4. The summed E-state index contributed by atoms with van der Waals surface area (Å²) in [6.07, 6.45) is 8.97. The lowest BCUT2D eigenvalue weighted by molar-refractivity contribution is -0.122. The normalized spacial score (nSPS) is 21.4. The number of hydrogen-bond donors (Lipinski definition) is 1. The summed E-state index contributed by atoms with van der Waals surface area (Å²) in [6.45, 7) is 2.08. The van der Waals surface area contributed by atoms with E-state index >= 15 is 0 Å². The van der Waals surface area contributed by atoms with Crippen LogP contribution in [-0.4, -0.2) is 5.91 Å². The second kappa shape index (κ2) is 5.99. The number of carbonyl (C=O) groups is 1. The van der Waals surface area contributed by atoms with Gasteiger partial charge in [-0.15, -0.1) is 0 Å². The van der Waals surface area contributed by atoms with E-state index in [-0.39, 0.29) is 11.9 Å². The summed E-state index contributed by atoms with van der Waals surface area (Å²) >= 11 is 0. The van der Waals surface area contributed by atoms with Crippen LogP contribution in [0.1, 0.15) is 75.0 Å². The zero-order chi connectivity index (χ0) is 13.9. The summed E-state index contributed by atoms with van der Waals surface area (Å²) in [6, 6.07) is 9.06. The lowest BCUT2D eigenvalue weighted by Crippen LogP contribution is -2.27. The molecule has 20 heavy (non-hydrogen) atoms. The Morgan fingerprint density at radius 2 is 1.70 bits per heavy atom. The standard InChI is InChI=1S/C18H25NO/c1-13(19-18(20)17-11-12-17)14-7-9-16(10-8-14)15-5-3-2-4-6-15/h7-10,13,15,17H,2-6,11-12H2,1H3,(H,19,20). The molecule has 0 aliphatic heterocycles. The van der Waals surface area contributed by atoms with Gasteiger partial charge in [-0.05, 0) is 49.7 Å². The topological polar surface area (TPSA) is 29.1 Å². The van der Waals surface area contributed by atoms with E-state index in [0.717, 1.165) is 18.8 Å². The maximum absolute atomic E-state index is 11.8. The Bertz CT molecular complexity index is 455. The fraction of sp³-hybridized carbons (Fsp3) is 0.611. The van der Waals surface area contributed by atoms with Crippen molar-refractivity contribution in [2.45, 2.75) is 63.8 Å². The van der Waals surface area contributed by atoms with Crippen molar-refractivity contribution in [3.8, 4) is 0 Å². The van der Waals surface area contributed by atoms with Gasteiger partial charge in [-0.3, -0.25) is 4.79 Å². The van der Waals surface area contributed by atoms with E-state index in [2.05, 4.69) is 36.5 Å². The van der Waals surface area contributed by atoms with E-state index in [1.807, 2.05) is 0 Å². The second-order valence-electron chi connectivity index (χ2n) is 6.51. The molecule has 3 rings (SSSR count).